The van der Waals surface area contributed by atoms with Gasteiger partial charge in [0, 0.05) is 31.1 Å². The number of hydrogen-bond donors (Lipinski definition) is 0. The molecule has 12 nitrogen and oxygen atoms in total. The largest absolute Gasteiger partial charge is 0.463 e. The van der Waals surface area contributed by atoms with Gasteiger partial charge in [-0.15, -0.1) is 21.6 Å². The van der Waals surface area contributed by atoms with Crippen LogP contribution in [0.4, 0.5) is 16.4 Å². The SMILES string of the molecule is Cc1cc(N(CCOCCOCCOCCOCCOC(=O)CCCC=O)C(C)C)ccc1N=Nc1sc(C#N)c(C)c1C#N. The van der Waals surface area contributed by atoms with E-state index >= 15 is 0 Å². The Hall–Kier alpha value is -3.72. The van der Waals surface area contributed by atoms with Crippen LogP contribution in [0.5, 0.6) is 0 Å². The molecule has 244 valence electrons. The zero-order chi connectivity index (χ0) is 32.9. The standard InChI is InChI=1S/C32H43N5O7S/c1-24(2)37(27-8-9-29(25(3)21-27)35-36-32-28(22-33)26(4)30(23-34)45-32)10-12-40-13-14-41-15-16-42-17-18-43-19-20-44-31(39)7-5-6-11-38/h8-9,11,21,24H,5-7,10,12-20H2,1-4H3. The first-order chi connectivity index (χ1) is 21.8. The first-order valence-corrected chi connectivity index (χ1v) is 15.8. The van der Waals surface area contributed by atoms with Gasteiger partial charge in [0.2, 0.25) is 0 Å². The molecule has 0 fully saturated rings. The normalized spacial score (nSPS) is 11.1. The second-order valence-corrected chi connectivity index (χ2v) is 11.1. The molecule has 45 heavy (non-hydrogen) atoms. The summed E-state index contributed by atoms with van der Waals surface area (Å²) in [6.07, 6.45) is 1.89. The minimum Gasteiger partial charge on any atom is -0.463 e. The summed E-state index contributed by atoms with van der Waals surface area (Å²) in [7, 11) is 0. The molecule has 0 aliphatic heterocycles. The lowest BCUT2D eigenvalue weighted by Crippen LogP contribution is -2.34. The monoisotopic (exact) mass is 641 g/mol. The number of ether oxygens (including phenoxy) is 5. The van der Waals surface area contributed by atoms with E-state index in [0.717, 1.165) is 17.5 Å². The van der Waals surface area contributed by atoms with E-state index in [1.54, 1.807) is 6.92 Å². The smallest absolute Gasteiger partial charge is 0.305 e. The number of carbonyl (C=O) groups is 2. The van der Waals surface area contributed by atoms with E-state index in [-0.39, 0.29) is 25.0 Å². The number of nitriles is 2. The van der Waals surface area contributed by atoms with Gasteiger partial charge in [-0.2, -0.15) is 10.5 Å². The van der Waals surface area contributed by atoms with Crippen molar-refractivity contribution >= 4 is 40.0 Å². The number of aryl methyl sites for hydroxylation is 1. The fourth-order valence-corrected chi connectivity index (χ4v) is 4.94. The maximum Gasteiger partial charge on any atom is 0.305 e. The summed E-state index contributed by atoms with van der Waals surface area (Å²) < 4.78 is 27.2. The molecule has 1 aromatic carbocycles. The Labute approximate surface area is 269 Å². The molecule has 0 aliphatic rings. The van der Waals surface area contributed by atoms with E-state index in [0.29, 0.717) is 98.9 Å². The van der Waals surface area contributed by atoms with Crippen LogP contribution in [0.1, 0.15) is 54.7 Å². The van der Waals surface area contributed by atoms with Gasteiger partial charge in [-0.3, -0.25) is 4.79 Å². The molecule has 0 amide bonds. The van der Waals surface area contributed by atoms with Gasteiger partial charge in [0.05, 0.1) is 64.1 Å². The highest BCUT2D eigenvalue weighted by molar-refractivity contribution is 7.16. The third kappa shape index (κ3) is 13.9. The third-order valence-electron chi connectivity index (χ3n) is 6.51. The summed E-state index contributed by atoms with van der Waals surface area (Å²) in [5, 5.41) is 27.8. The van der Waals surface area contributed by atoms with Crippen LogP contribution >= 0.6 is 11.3 Å². The fourth-order valence-electron chi connectivity index (χ4n) is 4.06. The maximum absolute atomic E-state index is 11.4. The molecule has 0 aliphatic carbocycles. The number of rotatable bonds is 23. The lowest BCUT2D eigenvalue weighted by Gasteiger charge is -2.29. The van der Waals surface area contributed by atoms with Crippen LogP contribution in [-0.4, -0.2) is 84.3 Å². The molecule has 2 aromatic rings. The number of benzene rings is 1. The number of anilines is 1. The first kappa shape index (κ1) is 37.5. The predicted octanol–water partition coefficient (Wildman–Crippen LogP) is 5.72. The number of unbranched alkanes of at least 4 members (excludes halogenated alkanes) is 1. The molecule has 0 saturated heterocycles. The minimum atomic E-state index is -0.323. The molecule has 0 spiro atoms. The van der Waals surface area contributed by atoms with Crippen LogP contribution in [0.25, 0.3) is 0 Å². The molecule has 0 N–H and O–H groups in total. The van der Waals surface area contributed by atoms with Crippen LogP contribution in [0.15, 0.2) is 28.4 Å². The van der Waals surface area contributed by atoms with Crippen LogP contribution in [0, 0.1) is 36.5 Å². The number of azo groups is 1. The highest BCUT2D eigenvalue weighted by Crippen LogP contribution is 2.36. The Bertz CT molecular complexity index is 1320. The Morgan fingerprint density at radius 3 is 2.11 bits per heavy atom. The van der Waals surface area contributed by atoms with Gasteiger partial charge in [0.1, 0.15) is 29.9 Å². The minimum absolute atomic E-state index is 0.185. The third-order valence-corrected chi connectivity index (χ3v) is 7.59. The first-order valence-electron chi connectivity index (χ1n) is 14.9. The molecule has 1 heterocycles. The van der Waals surface area contributed by atoms with Crippen molar-refractivity contribution in [2.75, 3.05) is 70.9 Å². The average Bonchev–Trinajstić information content (AvgIpc) is 3.34. The van der Waals surface area contributed by atoms with E-state index in [1.807, 2.05) is 19.1 Å². The highest BCUT2D eigenvalue weighted by atomic mass is 32.1. The van der Waals surface area contributed by atoms with Crippen molar-refractivity contribution in [2.45, 2.75) is 53.0 Å². The number of aldehydes is 1. The fraction of sp³-hybridized carbons (Fsp3) is 0.562. The van der Waals surface area contributed by atoms with Gasteiger partial charge in [0.15, 0.2) is 5.00 Å². The van der Waals surface area contributed by atoms with E-state index in [9.17, 15) is 20.1 Å². The summed E-state index contributed by atoms with van der Waals surface area (Å²) in [5.41, 5.74) is 3.72. The van der Waals surface area contributed by atoms with Gasteiger partial charge in [-0.1, -0.05) is 0 Å². The van der Waals surface area contributed by atoms with Crippen molar-refractivity contribution in [2.24, 2.45) is 10.2 Å². The number of esters is 1. The summed E-state index contributed by atoms with van der Waals surface area (Å²) in [5.74, 6) is -0.323. The average molecular weight is 642 g/mol. The van der Waals surface area contributed by atoms with E-state index in [1.165, 1.54) is 11.3 Å². The maximum atomic E-state index is 11.4. The topological polar surface area (TPSA) is 156 Å². The molecule has 0 radical (unpaired) electrons. The lowest BCUT2D eigenvalue weighted by molar-refractivity contribution is -0.145. The van der Waals surface area contributed by atoms with Gasteiger partial charge >= 0.3 is 5.97 Å². The molecule has 0 atom stereocenters. The quantitative estimate of drug-likeness (QED) is 0.0637. The number of carbonyl (C=O) groups excluding carboxylic acids is 2. The Morgan fingerprint density at radius 2 is 1.56 bits per heavy atom. The van der Waals surface area contributed by atoms with Gasteiger partial charge in [0.25, 0.3) is 0 Å². The molecule has 0 unspecified atom stereocenters. The second-order valence-electron chi connectivity index (χ2n) is 10.1. The van der Waals surface area contributed by atoms with Crippen LogP contribution in [0.3, 0.4) is 0 Å². The predicted molar refractivity (Wildman–Crippen MR) is 170 cm³/mol. The molecule has 13 heteroatoms. The molecule has 0 saturated carbocycles. The number of hydrogen-bond acceptors (Lipinski definition) is 13. The van der Waals surface area contributed by atoms with Crippen molar-refractivity contribution in [3.05, 3.63) is 39.8 Å². The molecular formula is C32H43N5O7S. The Morgan fingerprint density at radius 1 is 0.933 bits per heavy atom. The number of nitrogens with zero attached hydrogens (tertiary/aromatic N) is 5. The molecule has 2 rings (SSSR count). The van der Waals surface area contributed by atoms with Crippen LogP contribution in [0.2, 0.25) is 0 Å². The van der Waals surface area contributed by atoms with Crippen molar-refractivity contribution < 1.29 is 33.3 Å². The van der Waals surface area contributed by atoms with E-state index in [4.69, 9.17) is 23.7 Å². The molecule has 1 aromatic heterocycles. The van der Waals surface area contributed by atoms with Crippen molar-refractivity contribution in [1.82, 2.24) is 0 Å². The molecule has 0 bridgehead atoms. The van der Waals surface area contributed by atoms with E-state index in [2.05, 4.69) is 47.2 Å². The van der Waals surface area contributed by atoms with Gasteiger partial charge in [-0.25, -0.2) is 0 Å². The zero-order valence-corrected chi connectivity index (χ0v) is 27.4. The summed E-state index contributed by atoms with van der Waals surface area (Å²) in [4.78, 5) is 24.3. The zero-order valence-electron chi connectivity index (χ0n) is 26.6. The Balaban J connectivity index is 1.60. The molecular weight excluding hydrogens is 598 g/mol. The van der Waals surface area contributed by atoms with Crippen LogP contribution in [-0.2, 0) is 33.3 Å². The lowest BCUT2D eigenvalue weighted by atomic mass is 10.1. The van der Waals surface area contributed by atoms with Crippen LogP contribution < -0.4 is 4.90 Å². The summed E-state index contributed by atoms with van der Waals surface area (Å²) in [6.45, 7) is 12.3. The van der Waals surface area contributed by atoms with Crippen molar-refractivity contribution in [1.29, 1.82) is 10.5 Å². The second kappa shape index (κ2) is 21.9. The van der Waals surface area contributed by atoms with Gasteiger partial charge < -0.3 is 33.4 Å². The van der Waals surface area contributed by atoms with Gasteiger partial charge in [-0.05, 0) is 63.4 Å². The van der Waals surface area contributed by atoms with Crippen molar-refractivity contribution in [3.63, 3.8) is 0 Å². The van der Waals surface area contributed by atoms with E-state index < -0.39 is 0 Å². The number of thiophene rings is 1. The van der Waals surface area contributed by atoms with Crippen molar-refractivity contribution in [3.8, 4) is 12.1 Å². The summed E-state index contributed by atoms with van der Waals surface area (Å²) >= 11 is 1.17. The Kier molecular flexibility index (Phi) is 18.2. The summed E-state index contributed by atoms with van der Waals surface area (Å²) in [6, 6.07) is 10.4. The highest BCUT2D eigenvalue weighted by Gasteiger charge is 2.15.